The van der Waals surface area contributed by atoms with E-state index in [-0.39, 0.29) is 0 Å². The van der Waals surface area contributed by atoms with E-state index in [4.69, 9.17) is 27.6 Å². The number of hydrogen-bond acceptors (Lipinski definition) is 5. The number of aromatic nitrogens is 3. The lowest BCUT2D eigenvalue weighted by Crippen LogP contribution is -2.13. The summed E-state index contributed by atoms with van der Waals surface area (Å²) in [7, 11) is 0. The first kappa shape index (κ1) is 14.8. The minimum absolute atomic E-state index is 0.570. The number of rotatable bonds is 2. The van der Waals surface area contributed by atoms with Gasteiger partial charge in [-0.3, -0.25) is 0 Å². The summed E-state index contributed by atoms with van der Waals surface area (Å²) in [5.41, 5.74) is 1.67. The molecule has 0 saturated carbocycles. The van der Waals surface area contributed by atoms with Crippen molar-refractivity contribution in [2.24, 2.45) is 5.10 Å². The molecule has 3 heterocycles. The number of aryl methyl sites for hydroxylation is 1. The van der Waals surface area contributed by atoms with E-state index in [2.05, 4.69) is 15.3 Å². The van der Waals surface area contributed by atoms with E-state index in [1.807, 2.05) is 31.2 Å². The van der Waals surface area contributed by atoms with Crippen LogP contribution in [0.4, 0.5) is 0 Å². The molecule has 0 N–H and O–H groups in total. The molecule has 8 heteroatoms. The van der Waals surface area contributed by atoms with Gasteiger partial charge in [-0.15, -0.1) is 10.2 Å². The lowest BCUT2D eigenvalue weighted by atomic mass is 10.2. The largest absolute Gasteiger partial charge is 0.455 e. The maximum Gasteiger partial charge on any atom is 0.212 e. The molecule has 1 aromatic carbocycles. The Labute approximate surface area is 146 Å². The van der Waals surface area contributed by atoms with Crippen LogP contribution in [0.15, 0.2) is 45.0 Å². The molecule has 116 valence electrons. The zero-order chi connectivity index (χ0) is 16.0. The van der Waals surface area contributed by atoms with Crippen molar-refractivity contribution in [3.05, 3.63) is 52.0 Å². The number of furan rings is 1. The summed E-state index contributed by atoms with van der Waals surface area (Å²) in [5.74, 6) is 2.84. The Balaban J connectivity index is 1.71. The summed E-state index contributed by atoms with van der Waals surface area (Å²) in [6.07, 6.45) is 0. The second-order valence-corrected chi connectivity index (χ2v) is 6.81. The van der Waals surface area contributed by atoms with Crippen LogP contribution in [0.3, 0.4) is 0 Å². The molecule has 3 aromatic rings. The number of hydrogen-bond donors (Lipinski definition) is 0. The summed E-state index contributed by atoms with van der Waals surface area (Å²) >= 11 is 13.7. The summed E-state index contributed by atoms with van der Waals surface area (Å²) in [6.45, 7) is 1.87. The van der Waals surface area contributed by atoms with Gasteiger partial charge in [-0.1, -0.05) is 35.0 Å². The molecular formula is C15H10Cl2N4OS. The van der Waals surface area contributed by atoms with Crippen LogP contribution in [-0.2, 0) is 0 Å². The van der Waals surface area contributed by atoms with Crippen molar-refractivity contribution in [3.63, 3.8) is 0 Å². The van der Waals surface area contributed by atoms with Gasteiger partial charge in [0.2, 0.25) is 5.16 Å². The smallest absolute Gasteiger partial charge is 0.212 e. The van der Waals surface area contributed by atoms with E-state index in [9.17, 15) is 0 Å². The molecule has 0 amide bonds. The Hall–Kier alpha value is -1.76. The third-order valence-electron chi connectivity index (χ3n) is 3.36. The van der Waals surface area contributed by atoms with Gasteiger partial charge in [0.25, 0.3) is 0 Å². The fraction of sp³-hybridized carbons (Fsp3) is 0.133. The SMILES string of the molecule is Cc1nnc2n1N=C(c1ccc(-c3cc(Cl)cc(Cl)c3)o1)CS2. The fourth-order valence-electron chi connectivity index (χ4n) is 2.29. The van der Waals surface area contributed by atoms with E-state index in [0.29, 0.717) is 27.3 Å². The van der Waals surface area contributed by atoms with Gasteiger partial charge < -0.3 is 4.42 Å². The second-order valence-electron chi connectivity index (χ2n) is 5.00. The third kappa shape index (κ3) is 2.78. The molecule has 0 radical (unpaired) electrons. The monoisotopic (exact) mass is 364 g/mol. The molecule has 1 aliphatic heterocycles. The van der Waals surface area contributed by atoms with Crippen LogP contribution in [0.25, 0.3) is 11.3 Å². The summed E-state index contributed by atoms with van der Waals surface area (Å²) in [5, 5.41) is 14.6. The van der Waals surface area contributed by atoms with Crippen LogP contribution in [0.5, 0.6) is 0 Å². The van der Waals surface area contributed by atoms with Gasteiger partial charge in [-0.2, -0.15) is 9.78 Å². The minimum atomic E-state index is 0.570. The predicted molar refractivity (Wildman–Crippen MR) is 91.6 cm³/mol. The molecule has 0 aliphatic carbocycles. The molecule has 23 heavy (non-hydrogen) atoms. The molecule has 0 bridgehead atoms. The van der Waals surface area contributed by atoms with Crippen molar-refractivity contribution in [2.45, 2.75) is 12.1 Å². The molecule has 0 unspecified atom stereocenters. The highest BCUT2D eigenvalue weighted by molar-refractivity contribution is 7.99. The van der Waals surface area contributed by atoms with Gasteiger partial charge in [0.1, 0.15) is 11.5 Å². The quantitative estimate of drug-likeness (QED) is 0.670. The minimum Gasteiger partial charge on any atom is -0.455 e. The average Bonchev–Trinajstić information content (AvgIpc) is 3.14. The molecular weight excluding hydrogens is 355 g/mol. The Morgan fingerprint density at radius 2 is 1.83 bits per heavy atom. The van der Waals surface area contributed by atoms with Crippen molar-refractivity contribution >= 4 is 40.7 Å². The topological polar surface area (TPSA) is 56.2 Å². The van der Waals surface area contributed by atoms with E-state index >= 15 is 0 Å². The number of halogens is 2. The first-order chi connectivity index (χ1) is 11.1. The zero-order valence-corrected chi connectivity index (χ0v) is 14.3. The Bertz CT molecular complexity index is 911. The fourth-order valence-corrected chi connectivity index (χ4v) is 3.68. The van der Waals surface area contributed by atoms with Crippen molar-refractivity contribution < 1.29 is 4.42 Å². The van der Waals surface area contributed by atoms with Crippen LogP contribution in [0.2, 0.25) is 10.0 Å². The van der Waals surface area contributed by atoms with Gasteiger partial charge >= 0.3 is 0 Å². The second kappa shape index (κ2) is 5.70. The molecule has 2 aromatic heterocycles. The maximum absolute atomic E-state index is 6.05. The standard InChI is InChI=1S/C15H10Cl2N4OS/c1-8-18-19-15-21(8)20-12(7-23-15)14-3-2-13(22-14)9-4-10(16)6-11(17)5-9/h2-6H,7H2,1H3. The summed E-state index contributed by atoms with van der Waals surface area (Å²) < 4.78 is 7.66. The molecule has 0 fully saturated rings. The molecule has 0 saturated heterocycles. The Kier molecular flexibility index (Phi) is 3.67. The van der Waals surface area contributed by atoms with Gasteiger partial charge in [0.05, 0.1) is 0 Å². The van der Waals surface area contributed by atoms with E-state index in [0.717, 1.165) is 22.3 Å². The van der Waals surface area contributed by atoms with Gasteiger partial charge in [-0.25, -0.2) is 0 Å². The van der Waals surface area contributed by atoms with Gasteiger partial charge in [0.15, 0.2) is 11.6 Å². The van der Waals surface area contributed by atoms with Crippen molar-refractivity contribution in [3.8, 4) is 11.3 Å². The highest BCUT2D eigenvalue weighted by atomic mass is 35.5. The predicted octanol–water partition coefficient (Wildman–Crippen LogP) is 4.51. The van der Waals surface area contributed by atoms with Gasteiger partial charge in [-0.05, 0) is 37.3 Å². The van der Waals surface area contributed by atoms with Crippen molar-refractivity contribution in [1.82, 2.24) is 14.9 Å². The van der Waals surface area contributed by atoms with E-state index < -0.39 is 0 Å². The zero-order valence-electron chi connectivity index (χ0n) is 12.0. The number of thioether (sulfide) groups is 1. The maximum atomic E-state index is 6.05. The molecule has 0 spiro atoms. The first-order valence-corrected chi connectivity index (χ1v) is 8.53. The normalized spacial score (nSPS) is 13.8. The molecule has 0 atom stereocenters. The van der Waals surface area contributed by atoms with E-state index in [1.54, 1.807) is 22.5 Å². The highest BCUT2D eigenvalue weighted by Gasteiger charge is 2.20. The average molecular weight is 365 g/mol. The third-order valence-corrected chi connectivity index (χ3v) is 4.73. The highest BCUT2D eigenvalue weighted by Crippen LogP contribution is 2.30. The molecule has 4 rings (SSSR count). The van der Waals surface area contributed by atoms with Crippen LogP contribution >= 0.6 is 35.0 Å². The van der Waals surface area contributed by atoms with E-state index in [1.165, 1.54) is 0 Å². The number of fused-ring (bicyclic) bond motifs is 1. The Morgan fingerprint density at radius 3 is 2.61 bits per heavy atom. The number of benzene rings is 1. The lowest BCUT2D eigenvalue weighted by molar-refractivity contribution is 0.569. The van der Waals surface area contributed by atoms with Crippen molar-refractivity contribution in [2.75, 3.05) is 5.75 Å². The molecule has 5 nitrogen and oxygen atoms in total. The van der Waals surface area contributed by atoms with Crippen LogP contribution in [0.1, 0.15) is 11.6 Å². The summed E-state index contributed by atoms with van der Waals surface area (Å²) in [6, 6.07) is 9.10. The Morgan fingerprint density at radius 1 is 1.09 bits per heavy atom. The first-order valence-electron chi connectivity index (χ1n) is 6.79. The summed E-state index contributed by atoms with van der Waals surface area (Å²) in [4.78, 5) is 0. The lowest BCUT2D eigenvalue weighted by Gasteiger charge is -2.11. The molecule has 1 aliphatic rings. The van der Waals surface area contributed by atoms with Crippen LogP contribution in [0, 0.1) is 6.92 Å². The van der Waals surface area contributed by atoms with Crippen LogP contribution in [-0.4, -0.2) is 26.3 Å². The number of nitrogens with zero attached hydrogens (tertiary/aromatic N) is 4. The van der Waals surface area contributed by atoms with Crippen LogP contribution < -0.4 is 0 Å². The van der Waals surface area contributed by atoms with Crippen molar-refractivity contribution in [1.29, 1.82) is 0 Å². The van der Waals surface area contributed by atoms with Gasteiger partial charge in [0, 0.05) is 21.4 Å².